The number of rotatable bonds is 1. The average molecular weight is 240 g/mol. The SMILES string of the molecule is COC1=CC2Oc3ccccc3C(=O)C=C2C=C1. The fourth-order valence-electron chi connectivity index (χ4n) is 2.08. The predicted octanol–water partition coefficient (Wildman–Crippen LogP) is 2.66. The van der Waals surface area contributed by atoms with Crippen LogP contribution < -0.4 is 4.74 Å². The highest BCUT2D eigenvalue weighted by Crippen LogP contribution is 2.29. The molecular weight excluding hydrogens is 228 g/mol. The van der Waals surface area contributed by atoms with Crippen LogP contribution in [-0.4, -0.2) is 19.0 Å². The van der Waals surface area contributed by atoms with Crippen molar-refractivity contribution < 1.29 is 14.3 Å². The van der Waals surface area contributed by atoms with Gasteiger partial charge in [0, 0.05) is 11.6 Å². The number of ketones is 1. The summed E-state index contributed by atoms with van der Waals surface area (Å²) in [5.74, 6) is 1.33. The first-order chi connectivity index (χ1) is 8.78. The Morgan fingerprint density at radius 2 is 2.06 bits per heavy atom. The summed E-state index contributed by atoms with van der Waals surface area (Å²) < 4.78 is 11.0. The molecule has 1 aliphatic heterocycles. The van der Waals surface area contributed by atoms with Crippen molar-refractivity contribution in [3.63, 3.8) is 0 Å². The average Bonchev–Trinajstić information content (AvgIpc) is 2.54. The lowest BCUT2D eigenvalue weighted by atomic mass is 10.0. The Balaban J connectivity index is 2.07. The summed E-state index contributed by atoms with van der Waals surface area (Å²) in [7, 11) is 1.61. The second-order valence-electron chi connectivity index (χ2n) is 4.15. The molecule has 0 N–H and O–H groups in total. The maximum absolute atomic E-state index is 12.1. The number of hydrogen-bond acceptors (Lipinski definition) is 3. The molecule has 0 amide bonds. The summed E-state index contributed by atoms with van der Waals surface area (Å²) in [5, 5.41) is 0. The molecular formula is C15H12O3. The van der Waals surface area contributed by atoms with E-state index < -0.39 is 0 Å². The molecule has 18 heavy (non-hydrogen) atoms. The van der Waals surface area contributed by atoms with E-state index in [1.54, 1.807) is 19.3 Å². The maximum atomic E-state index is 12.1. The van der Waals surface area contributed by atoms with E-state index in [0.29, 0.717) is 11.3 Å². The van der Waals surface area contributed by atoms with Crippen LogP contribution in [0.3, 0.4) is 0 Å². The van der Waals surface area contributed by atoms with E-state index in [1.165, 1.54) is 0 Å². The van der Waals surface area contributed by atoms with Crippen LogP contribution >= 0.6 is 0 Å². The van der Waals surface area contributed by atoms with Crippen LogP contribution in [0.5, 0.6) is 5.75 Å². The third kappa shape index (κ3) is 1.74. The Labute approximate surface area is 105 Å². The van der Waals surface area contributed by atoms with E-state index in [4.69, 9.17) is 9.47 Å². The van der Waals surface area contributed by atoms with Crippen LogP contribution in [0.15, 0.2) is 59.9 Å². The van der Waals surface area contributed by atoms with Gasteiger partial charge in [-0.25, -0.2) is 0 Å². The van der Waals surface area contributed by atoms with Crippen LogP contribution in [0, 0.1) is 0 Å². The molecule has 1 aromatic rings. The summed E-state index contributed by atoms with van der Waals surface area (Å²) in [6.07, 6.45) is 6.90. The van der Waals surface area contributed by atoms with E-state index in [9.17, 15) is 4.79 Å². The second-order valence-corrected chi connectivity index (χ2v) is 4.15. The zero-order valence-electron chi connectivity index (χ0n) is 9.92. The lowest BCUT2D eigenvalue weighted by Gasteiger charge is -2.19. The van der Waals surface area contributed by atoms with Gasteiger partial charge in [-0.2, -0.15) is 0 Å². The van der Waals surface area contributed by atoms with Gasteiger partial charge in [0.15, 0.2) is 5.78 Å². The van der Waals surface area contributed by atoms with Gasteiger partial charge in [0.1, 0.15) is 17.6 Å². The minimum Gasteiger partial charge on any atom is -0.497 e. The van der Waals surface area contributed by atoms with E-state index >= 15 is 0 Å². The Morgan fingerprint density at radius 1 is 1.22 bits per heavy atom. The van der Waals surface area contributed by atoms with Gasteiger partial charge in [0.25, 0.3) is 0 Å². The van der Waals surface area contributed by atoms with Gasteiger partial charge in [-0.05, 0) is 24.3 Å². The molecule has 0 bridgehead atoms. The number of benzene rings is 1. The summed E-state index contributed by atoms with van der Waals surface area (Å²) >= 11 is 0. The first kappa shape index (κ1) is 10.8. The van der Waals surface area contributed by atoms with Gasteiger partial charge < -0.3 is 9.47 Å². The van der Waals surface area contributed by atoms with Gasteiger partial charge in [-0.3, -0.25) is 4.79 Å². The number of allylic oxidation sites excluding steroid dienone is 2. The lowest BCUT2D eigenvalue weighted by Crippen LogP contribution is -2.18. The topological polar surface area (TPSA) is 35.5 Å². The van der Waals surface area contributed by atoms with Crippen molar-refractivity contribution in [2.75, 3.05) is 7.11 Å². The summed E-state index contributed by atoms with van der Waals surface area (Å²) in [5.41, 5.74) is 1.44. The predicted molar refractivity (Wildman–Crippen MR) is 67.5 cm³/mol. The normalized spacial score (nSPS) is 20.9. The molecule has 1 heterocycles. The van der Waals surface area contributed by atoms with Gasteiger partial charge in [0.05, 0.1) is 12.7 Å². The fraction of sp³-hybridized carbons (Fsp3) is 0.133. The van der Waals surface area contributed by atoms with Crippen LogP contribution in [-0.2, 0) is 4.74 Å². The first-order valence-electron chi connectivity index (χ1n) is 5.73. The molecule has 1 unspecified atom stereocenters. The number of fused-ring (bicyclic) bond motifs is 2. The Hall–Kier alpha value is -2.29. The van der Waals surface area contributed by atoms with E-state index in [2.05, 4.69) is 0 Å². The van der Waals surface area contributed by atoms with Crippen molar-refractivity contribution in [3.05, 3.63) is 65.5 Å². The molecule has 0 saturated carbocycles. The number of para-hydroxylation sites is 1. The molecule has 0 fully saturated rings. The van der Waals surface area contributed by atoms with Crippen LogP contribution in [0.25, 0.3) is 0 Å². The zero-order valence-corrected chi connectivity index (χ0v) is 9.92. The smallest absolute Gasteiger partial charge is 0.189 e. The molecule has 3 nitrogen and oxygen atoms in total. The molecule has 1 aliphatic carbocycles. The third-order valence-corrected chi connectivity index (χ3v) is 3.02. The fourth-order valence-corrected chi connectivity index (χ4v) is 2.08. The maximum Gasteiger partial charge on any atom is 0.189 e. The molecule has 3 rings (SSSR count). The molecule has 0 saturated heterocycles. The van der Waals surface area contributed by atoms with Gasteiger partial charge in [-0.15, -0.1) is 0 Å². The van der Waals surface area contributed by atoms with Crippen molar-refractivity contribution in [2.24, 2.45) is 0 Å². The van der Waals surface area contributed by atoms with E-state index in [0.717, 1.165) is 11.3 Å². The molecule has 90 valence electrons. The molecule has 1 aromatic carbocycles. The van der Waals surface area contributed by atoms with Gasteiger partial charge >= 0.3 is 0 Å². The number of carbonyl (C=O) groups is 1. The van der Waals surface area contributed by atoms with Crippen LogP contribution in [0.4, 0.5) is 0 Å². The summed E-state index contributed by atoms with van der Waals surface area (Å²) in [6.45, 7) is 0. The molecule has 1 atom stereocenters. The number of methoxy groups -OCH3 is 1. The lowest BCUT2D eigenvalue weighted by molar-refractivity contribution is 0.104. The second kappa shape index (κ2) is 4.18. The van der Waals surface area contributed by atoms with Gasteiger partial charge in [0.2, 0.25) is 0 Å². The number of carbonyl (C=O) groups excluding carboxylic acids is 1. The Kier molecular flexibility index (Phi) is 2.52. The highest BCUT2D eigenvalue weighted by Gasteiger charge is 2.24. The summed E-state index contributed by atoms with van der Waals surface area (Å²) in [4.78, 5) is 12.1. The first-order valence-corrected chi connectivity index (χ1v) is 5.73. The van der Waals surface area contributed by atoms with E-state index in [1.807, 2.05) is 36.4 Å². The van der Waals surface area contributed by atoms with Crippen molar-refractivity contribution in [1.82, 2.24) is 0 Å². The zero-order chi connectivity index (χ0) is 12.5. The molecule has 0 spiro atoms. The summed E-state index contributed by atoms with van der Waals surface area (Å²) in [6, 6.07) is 7.27. The standard InChI is InChI=1S/C15H12O3/c1-17-11-7-6-10-8-13(16)12-4-2-3-5-14(12)18-15(10)9-11/h2-9,15H,1H3. The quantitative estimate of drug-likeness (QED) is 0.757. The largest absolute Gasteiger partial charge is 0.497 e. The monoisotopic (exact) mass is 240 g/mol. The minimum atomic E-state index is -0.266. The third-order valence-electron chi connectivity index (χ3n) is 3.02. The Bertz CT molecular complexity index is 594. The molecule has 2 aliphatic rings. The van der Waals surface area contributed by atoms with Crippen molar-refractivity contribution in [1.29, 1.82) is 0 Å². The highest BCUT2D eigenvalue weighted by atomic mass is 16.5. The number of hydrogen-bond donors (Lipinski definition) is 0. The minimum absolute atomic E-state index is 0.0259. The van der Waals surface area contributed by atoms with Crippen LogP contribution in [0.1, 0.15) is 10.4 Å². The van der Waals surface area contributed by atoms with Crippen molar-refractivity contribution >= 4 is 5.78 Å². The Morgan fingerprint density at radius 3 is 2.89 bits per heavy atom. The van der Waals surface area contributed by atoms with Crippen molar-refractivity contribution in [2.45, 2.75) is 6.10 Å². The van der Waals surface area contributed by atoms with Gasteiger partial charge in [-0.1, -0.05) is 18.2 Å². The molecule has 0 aromatic heterocycles. The highest BCUT2D eigenvalue weighted by molar-refractivity contribution is 6.07. The molecule has 3 heteroatoms. The van der Waals surface area contributed by atoms with E-state index in [-0.39, 0.29) is 11.9 Å². The number of ether oxygens (including phenoxy) is 2. The molecule has 0 radical (unpaired) electrons. The van der Waals surface area contributed by atoms with Crippen LogP contribution in [0.2, 0.25) is 0 Å². The van der Waals surface area contributed by atoms with Crippen molar-refractivity contribution in [3.8, 4) is 5.75 Å².